The van der Waals surface area contributed by atoms with E-state index in [0.29, 0.717) is 29.7 Å². The monoisotopic (exact) mass is 506 g/mol. The number of rotatable bonds is 11. The normalized spacial score (nSPS) is 11.7. The van der Waals surface area contributed by atoms with Gasteiger partial charge in [-0.1, -0.05) is 74.0 Å². The van der Waals surface area contributed by atoms with Gasteiger partial charge in [-0.3, -0.25) is 9.59 Å². The summed E-state index contributed by atoms with van der Waals surface area (Å²) >= 11 is 6.08. The first-order valence-corrected chi connectivity index (χ1v) is 12.7. The predicted octanol–water partition coefficient (Wildman–Crippen LogP) is 5.75. The smallest absolute Gasteiger partial charge is 0.261 e. The Morgan fingerprint density at radius 1 is 0.917 bits per heavy atom. The first-order valence-electron chi connectivity index (χ1n) is 12.3. The van der Waals surface area contributed by atoms with Crippen LogP contribution in [0.1, 0.15) is 36.1 Å². The summed E-state index contributed by atoms with van der Waals surface area (Å²) in [7, 11) is 0. The summed E-state index contributed by atoms with van der Waals surface area (Å²) in [4.78, 5) is 28.7. The van der Waals surface area contributed by atoms with Gasteiger partial charge in [-0.15, -0.1) is 0 Å². The van der Waals surface area contributed by atoms with E-state index < -0.39 is 6.04 Å². The summed E-state index contributed by atoms with van der Waals surface area (Å²) < 4.78 is 5.88. The molecule has 0 fully saturated rings. The van der Waals surface area contributed by atoms with Crippen molar-refractivity contribution in [3.8, 4) is 5.75 Å². The maximum atomic E-state index is 13.6. The quantitative estimate of drug-likeness (QED) is 0.360. The summed E-state index contributed by atoms with van der Waals surface area (Å²) in [5.41, 5.74) is 4.11. The molecule has 0 spiro atoms. The van der Waals surface area contributed by atoms with Gasteiger partial charge in [-0.2, -0.15) is 0 Å². The van der Waals surface area contributed by atoms with Crippen molar-refractivity contribution in [3.63, 3.8) is 0 Å². The lowest BCUT2D eigenvalue weighted by atomic mass is 10.0. The Labute approximate surface area is 219 Å². The highest BCUT2D eigenvalue weighted by atomic mass is 35.5. The van der Waals surface area contributed by atoms with Gasteiger partial charge in [0.05, 0.1) is 0 Å². The molecule has 3 aromatic rings. The van der Waals surface area contributed by atoms with Crippen LogP contribution in [0.15, 0.2) is 72.8 Å². The highest BCUT2D eigenvalue weighted by Gasteiger charge is 2.30. The maximum absolute atomic E-state index is 13.6. The Morgan fingerprint density at radius 2 is 1.61 bits per heavy atom. The summed E-state index contributed by atoms with van der Waals surface area (Å²) in [5, 5.41) is 3.64. The fraction of sp³-hybridized carbons (Fsp3) is 0.333. The molecule has 0 bridgehead atoms. The van der Waals surface area contributed by atoms with Crippen LogP contribution in [0.5, 0.6) is 5.75 Å². The Morgan fingerprint density at radius 3 is 2.25 bits per heavy atom. The number of carbonyl (C=O) groups excluding carboxylic acids is 2. The molecule has 0 radical (unpaired) electrons. The summed E-state index contributed by atoms with van der Waals surface area (Å²) in [5.74, 6) is 0.478. The zero-order valence-electron chi connectivity index (χ0n) is 21.5. The van der Waals surface area contributed by atoms with Crippen molar-refractivity contribution in [1.82, 2.24) is 10.2 Å². The number of ether oxygens (including phenoxy) is 1. The molecule has 190 valence electrons. The van der Waals surface area contributed by atoms with Crippen LogP contribution in [0, 0.1) is 19.8 Å². The first-order chi connectivity index (χ1) is 17.2. The summed E-state index contributed by atoms with van der Waals surface area (Å²) in [6.07, 6.45) is 0.397. The molecule has 0 aromatic heterocycles. The van der Waals surface area contributed by atoms with Crippen LogP contribution >= 0.6 is 11.6 Å². The average Bonchev–Trinajstić information content (AvgIpc) is 2.87. The largest absolute Gasteiger partial charge is 0.484 e. The predicted molar refractivity (Wildman–Crippen MR) is 145 cm³/mol. The molecule has 3 aromatic carbocycles. The van der Waals surface area contributed by atoms with Crippen molar-refractivity contribution in [2.24, 2.45) is 5.92 Å². The lowest BCUT2D eigenvalue weighted by molar-refractivity contribution is -0.142. The van der Waals surface area contributed by atoms with E-state index in [4.69, 9.17) is 16.3 Å². The van der Waals surface area contributed by atoms with Crippen LogP contribution in [0.2, 0.25) is 5.02 Å². The fourth-order valence-electron chi connectivity index (χ4n) is 3.79. The van der Waals surface area contributed by atoms with Crippen LogP contribution in [-0.2, 0) is 22.6 Å². The summed E-state index contributed by atoms with van der Waals surface area (Å²) in [6.45, 7) is 8.75. The fourth-order valence-corrected chi connectivity index (χ4v) is 3.92. The Hall–Kier alpha value is -3.31. The van der Waals surface area contributed by atoms with Gasteiger partial charge in [0.25, 0.3) is 5.91 Å². The van der Waals surface area contributed by atoms with E-state index in [1.165, 1.54) is 0 Å². The van der Waals surface area contributed by atoms with E-state index in [1.54, 1.807) is 17.0 Å². The van der Waals surface area contributed by atoms with E-state index in [0.717, 1.165) is 22.3 Å². The second kappa shape index (κ2) is 13.1. The Bertz CT molecular complexity index is 1150. The van der Waals surface area contributed by atoms with Gasteiger partial charge < -0.3 is 15.0 Å². The van der Waals surface area contributed by atoms with E-state index in [2.05, 4.69) is 5.32 Å². The molecule has 6 heteroatoms. The minimum Gasteiger partial charge on any atom is -0.484 e. The second-order valence-electron chi connectivity index (χ2n) is 9.53. The van der Waals surface area contributed by atoms with E-state index in [9.17, 15) is 9.59 Å². The maximum Gasteiger partial charge on any atom is 0.261 e. The van der Waals surface area contributed by atoms with Crippen LogP contribution in [0.25, 0.3) is 0 Å². The zero-order valence-corrected chi connectivity index (χ0v) is 22.2. The molecule has 0 heterocycles. The van der Waals surface area contributed by atoms with Gasteiger partial charge in [0.2, 0.25) is 5.91 Å². The third-order valence-electron chi connectivity index (χ3n) is 6.06. The number of hydrogen-bond acceptors (Lipinski definition) is 3. The zero-order chi connectivity index (χ0) is 26.1. The number of nitrogens with zero attached hydrogens (tertiary/aromatic N) is 1. The van der Waals surface area contributed by atoms with Crippen molar-refractivity contribution < 1.29 is 14.3 Å². The number of halogens is 1. The number of hydrogen-bond donors (Lipinski definition) is 1. The summed E-state index contributed by atoms with van der Waals surface area (Å²) in [6, 6.07) is 22.1. The van der Waals surface area contributed by atoms with Crippen LogP contribution < -0.4 is 10.1 Å². The van der Waals surface area contributed by atoms with Gasteiger partial charge >= 0.3 is 0 Å². The minimum atomic E-state index is -0.697. The average molecular weight is 507 g/mol. The number of nitrogens with one attached hydrogen (secondary N) is 1. The number of benzene rings is 3. The van der Waals surface area contributed by atoms with Gasteiger partial charge in [0, 0.05) is 24.5 Å². The van der Waals surface area contributed by atoms with Crippen LogP contribution in [-0.4, -0.2) is 35.9 Å². The molecule has 5 nitrogen and oxygen atoms in total. The molecule has 2 amide bonds. The molecule has 1 atom stereocenters. The molecule has 1 N–H and O–H groups in total. The molecular weight excluding hydrogens is 472 g/mol. The minimum absolute atomic E-state index is 0.168. The van der Waals surface area contributed by atoms with Crippen LogP contribution in [0.4, 0.5) is 0 Å². The Kier molecular flexibility index (Phi) is 9.95. The topological polar surface area (TPSA) is 58.6 Å². The number of amides is 2. The lowest BCUT2D eigenvalue weighted by Gasteiger charge is -2.31. The van der Waals surface area contributed by atoms with Crippen molar-refractivity contribution in [1.29, 1.82) is 0 Å². The van der Waals surface area contributed by atoms with E-state index in [1.807, 2.05) is 88.4 Å². The van der Waals surface area contributed by atoms with Crippen molar-refractivity contribution in [3.05, 3.63) is 100 Å². The molecule has 0 aliphatic carbocycles. The molecule has 3 rings (SSSR count). The lowest BCUT2D eigenvalue weighted by Crippen LogP contribution is -2.52. The highest BCUT2D eigenvalue weighted by Crippen LogP contribution is 2.19. The standard InChI is InChI=1S/C30H35ClN2O3/c1-21(2)18-32-30(35)28(17-24-8-6-5-7-9-24)33(19-25-11-13-26(31)14-12-25)29(34)20-36-27-15-10-22(3)23(4)16-27/h5-16,21,28H,17-20H2,1-4H3,(H,32,35)/t28-/m1/s1. The molecular formula is C30H35ClN2O3. The molecule has 0 aliphatic rings. The third-order valence-corrected chi connectivity index (χ3v) is 6.31. The number of aryl methyl sites for hydroxylation is 2. The van der Waals surface area contributed by atoms with Gasteiger partial charge in [0.15, 0.2) is 6.61 Å². The molecule has 0 aliphatic heterocycles. The van der Waals surface area contributed by atoms with Crippen molar-refractivity contribution >= 4 is 23.4 Å². The molecule has 0 saturated heterocycles. The SMILES string of the molecule is Cc1ccc(OCC(=O)N(Cc2ccc(Cl)cc2)[C@H](Cc2ccccc2)C(=O)NCC(C)C)cc1C. The van der Waals surface area contributed by atoms with E-state index in [-0.39, 0.29) is 25.0 Å². The number of carbonyl (C=O) groups is 2. The van der Waals surface area contributed by atoms with Crippen molar-refractivity contribution in [2.75, 3.05) is 13.2 Å². The van der Waals surface area contributed by atoms with Gasteiger partial charge in [0.1, 0.15) is 11.8 Å². The molecule has 36 heavy (non-hydrogen) atoms. The second-order valence-corrected chi connectivity index (χ2v) is 9.96. The van der Waals surface area contributed by atoms with Crippen LogP contribution in [0.3, 0.4) is 0 Å². The molecule has 0 unspecified atom stereocenters. The van der Waals surface area contributed by atoms with Gasteiger partial charge in [-0.05, 0) is 66.3 Å². The van der Waals surface area contributed by atoms with E-state index >= 15 is 0 Å². The Balaban J connectivity index is 1.89. The van der Waals surface area contributed by atoms with Crippen molar-refractivity contribution in [2.45, 2.75) is 46.7 Å². The first kappa shape index (κ1) is 27.3. The highest BCUT2D eigenvalue weighted by molar-refractivity contribution is 6.30. The third kappa shape index (κ3) is 8.13. The molecule has 0 saturated carbocycles. The van der Waals surface area contributed by atoms with Gasteiger partial charge in [-0.25, -0.2) is 0 Å².